The van der Waals surface area contributed by atoms with Crippen LogP contribution in [0.4, 0.5) is 0 Å². The van der Waals surface area contributed by atoms with E-state index in [-0.39, 0.29) is 12.1 Å². The molecule has 2 aromatic rings. The Labute approximate surface area is 156 Å². The molecule has 136 valence electrons. The first-order valence-electron chi connectivity index (χ1n) is 10.2. The average molecular weight is 348 g/mol. The van der Waals surface area contributed by atoms with Gasteiger partial charge in [0.1, 0.15) is 0 Å². The Morgan fingerprint density at radius 1 is 0.846 bits per heavy atom. The van der Waals surface area contributed by atoms with Crippen LogP contribution in [0.2, 0.25) is 0 Å². The Hall–Kier alpha value is -1.64. The highest BCUT2D eigenvalue weighted by Crippen LogP contribution is 2.59. The molecule has 2 saturated heterocycles. The Morgan fingerprint density at radius 3 is 1.96 bits per heavy atom. The molecule has 3 fully saturated rings. The van der Waals surface area contributed by atoms with Crippen molar-refractivity contribution in [2.24, 2.45) is 23.0 Å². The van der Waals surface area contributed by atoms with Gasteiger partial charge in [0.15, 0.2) is 0 Å². The minimum atomic E-state index is 0.156. The van der Waals surface area contributed by atoms with Gasteiger partial charge in [-0.25, -0.2) is 0 Å². The van der Waals surface area contributed by atoms with Crippen molar-refractivity contribution in [1.29, 1.82) is 0 Å². The lowest BCUT2D eigenvalue weighted by Gasteiger charge is -2.47. The molecule has 3 aliphatic rings. The van der Waals surface area contributed by atoms with Crippen molar-refractivity contribution in [3.8, 4) is 0 Å². The van der Waals surface area contributed by atoms with E-state index in [0.717, 1.165) is 12.8 Å². The largest absolute Gasteiger partial charge is 0.372 e. The van der Waals surface area contributed by atoms with Crippen LogP contribution in [0, 0.1) is 17.3 Å². The zero-order valence-electron chi connectivity index (χ0n) is 15.4. The summed E-state index contributed by atoms with van der Waals surface area (Å²) in [6, 6.07) is 22.0. The van der Waals surface area contributed by atoms with Gasteiger partial charge in [-0.05, 0) is 55.1 Å². The predicted octanol–water partition coefficient (Wildman–Crippen LogP) is 4.37. The van der Waals surface area contributed by atoms with Crippen molar-refractivity contribution in [2.45, 2.75) is 56.8 Å². The van der Waals surface area contributed by atoms with Crippen molar-refractivity contribution >= 4 is 0 Å². The van der Waals surface area contributed by atoms with Gasteiger partial charge in [0.25, 0.3) is 0 Å². The number of rotatable bonds is 4. The van der Waals surface area contributed by atoms with Crippen LogP contribution in [-0.2, 0) is 17.6 Å². The Kier molecular flexibility index (Phi) is 4.14. The van der Waals surface area contributed by atoms with Crippen molar-refractivity contribution in [1.82, 2.24) is 0 Å². The minimum Gasteiger partial charge on any atom is -0.372 e. The van der Waals surface area contributed by atoms with Crippen LogP contribution in [0.3, 0.4) is 0 Å². The Bertz CT molecular complexity index is 698. The lowest BCUT2D eigenvalue weighted by atomic mass is 9.62. The fourth-order valence-electron chi connectivity index (χ4n) is 5.90. The molecule has 2 aromatic carbocycles. The van der Waals surface area contributed by atoms with E-state index in [4.69, 9.17) is 10.5 Å². The summed E-state index contributed by atoms with van der Waals surface area (Å²) in [5, 5.41) is 0. The molecule has 26 heavy (non-hydrogen) atoms. The van der Waals surface area contributed by atoms with Crippen molar-refractivity contribution < 1.29 is 4.74 Å². The molecule has 2 aliphatic heterocycles. The number of fused-ring (bicyclic) bond motifs is 3. The highest BCUT2D eigenvalue weighted by Gasteiger charge is 2.60. The fourth-order valence-corrected chi connectivity index (χ4v) is 5.90. The standard InChI is InChI=1S/C24H29NO/c25-22-20(15-18-10-5-2-6-11-18)19(14-17-8-3-1-4-9-17)21-16-24(12-7-13-24)23(22)26-21/h1-6,8-11,19-23H,7,12-16,25H2. The number of nitrogens with two attached hydrogens (primary N) is 1. The number of ether oxygens (including phenoxy) is 1. The molecule has 0 amide bonds. The maximum Gasteiger partial charge on any atom is 0.0789 e. The molecule has 2 nitrogen and oxygen atoms in total. The third-order valence-electron chi connectivity index (χ3n) is 7.38. The van der Waals surface area contributed by atoms with Crippen molar-refractivity contribution in [3.05, 3.63) is 71.8 Å². The SMILES string of the molecule is NC1C(Cc2ccccc2)C(Cc2ccccc2)C2CC3(CCC3)C1O2. The highest BCUT2D eigenvalue weighted by molar-refractivity contribution is 5.22. The molecule has 0 radical (unpaired) electrons. The van der Waals surface area contributed by atoms with Gasteiger partial charge in [-0.15, -0.1) is 0 Å². The van der Waals surface area contributed by atoms with Gasteiger partial charge in [0.05, 0.1) is 12.2 Å². The molecule has 1 aliphatic carbocycles. The summed E-state index contributed by atoms with van der Waals surface area (Å²) in [7, 11) is 0. The molecule has 5 atom stereocenters. The maximum atomic E-state index is 6.91. The van der Waals surface area contributed by atoms with Crippen LogP contribution < -0.4 is 5.73 Å². The van der Waals surface area contributed by atoms with Gasteiger partial charge in [-0.3, -0.25) is 0 Å². The minimum absolute atomic E-state index is 0.156. The molecule has 1 spiro atoms. The summed E-state index contributed by atoms with van der Waals surface area (Å²) in [5.41, 5.74) is 10.1. The smallest absolute Gasteiger partial charge is 0.0789 e. The van der Waals surface area contributed by atoms with Crippen LogP contribution in [0.5, 0.6) is 0 Å². The first-order chi connectivity index (χ1) is 12.8. The van der Waals surface area contributed by atoms with E-state index in [9.17, 15) is 0 Å². The monoisotopic (exact) mass is 347 g/mol. The fraction of sp³-hybridized carbons (Fsp3) is 0.500. The molecule has 2 heterocycles. The predicted molar refractivity (Wildman–Crippen MR) is 105 cm³/mol. The lowest BCUT2D eigenvalue weighted by Crippen LogP contribution is -2.56. The van der Waals surface area contributed by atoms with Crippen LogP contribution >= 0.6 is 0 Å². The third-order valence-corrected chi connectivity index (χ3v) is 7.38. The summed E-state index contributed by atoms with van der Waals surface area (Å²) in [4.78, 5) is 0. The molecular weight excluding hydrogens is 318 g/mol. The van der Waals surface area contributed by atoms with E-state index < -0.39 is 0 Å². The zero-order chi connectivity index (χ0) is 17.6. The molecule has 5 rings (SSSR count). The Morgan fingerprint density at radius 2 is 1.42 bits per heavy atom. The van der Waals surface area contributed by atoms with E-state index in [0.29, 0.717) is 23.4 Å². The van der Waals surface area contributed by atoms with E-state index in [1.807, 2.05) is 0 Å². The average Bonchev–Trinajstić information content (AvgIpc) is 3.03. The first kappa shape index (κ1) is 16.5. The summed E-state index contributed by atoms with van der Waals surface area (Å²) >= 11 is 0. The second kappa shape index (κ2) is 6.51. The van der Waals surface area contributed by atoms with E-state index >= 15 is 0 Å². The molecule has 2 bridgehead atoms. The Balaban J connectivity index is 1.46. The number of benzene rings is 2. The normalized spacial score (nSPS) is 34.6. The van der Waals surface area contributed by atoms with Gasteiger partial charge in [0, 0.05) is 11.5 Å². The summed E-state index contributed by atoms with van der Waals surface area (Å²) in [5.74, 6) is 1.02. The molecule has 1 saturated carbocycles. The van der Waals surface area contributed by atoms with Crippen LogP contribution in [0.1, 0.15) is 36.8 Å². The van der Waals surface area contributed by atoms with Crippen LogP contribution in [0.15, 0.2) is 60.7 Å². The molecule has 0 aromatic heterocycles. The maximum absolute atomic E-state index is 6.91. The molecule has 2 N–H and O–H groups in total. The van der Waals surface area contributed by atoms with E-state index in [1.54, 1.807) is 0 Å². The number of hydrogen-bond acceptors (Lipinski definition) is 2. The van der Waals surface area contributed by atoms with Gasteiger partial charge >= 0.3 is 0 Å². The lowest BCUT2D eigenvalue weighted by molar-refractivity contribution is -0.105. The van der Waals surface area contributed by atoms with E-state index in [1.165, 1.54) is 36.8 Å². The summed E-state index contributed by atoms with van der Waals surface area (Å²) in [6.45, 7) is 0. The topological polar surface area (TPSA) is 35.2 Å². The summed E-state index contributed by atoms with van der Waals surface area (Å²) < 4.78 is 6.60. The van der Waals surface area contributed by atoms with Crippen molar-refractivity contribution in [2.75, 3.05) is 0 Å². The number of hydrogen-bond donors (Lipinski definition) is 1. The summed E-state index contributed by atoms with van der Waals surface area (Å²) in [6.07, 6.45) is 8.04. The highest BCUT2D eigenvalue weighted by atomic mass is 16.5. The van der Waals surface area contributed by atoms with Crippen LogP contribution in [-0.4, -0.2) is 18.2 Å². The first-order valence-corrected chi connectivity index (χ1v) is 10.2. The second-order valence-corrected chi connectivity index (χ2v) is 8.80. The van der Waals surface area contributed by atoms with Crippen molar-refractivity contribution in [3.63, 3.8) is 0 Å². The van der Waals surface area contributed by atoms with Crippen LogP contribution in [0.25, 0.3) is 0 Å². The zero-order valence-corrected chi connectivity index (χ0v) is 15.4. The van der Waals surface area contributed by atoms with E-state index in [2.05, 4.69) is 60.7 Å². The van der Waals surface area contributed by atoms with Gasteiger partial charge < -0.3 is 10.5 Å². The van der Waals surface area contributed by atoms with Gasteiger partial charge in [0.2, 0.25) is 0 Å². The molecular formula is C24H29NO. The van der Waals surface area contributed by atoms with Gasteiger partial charge in [-0.1, -0.05) is 67.1 Å². The van der Waals surface area contributed by atoms with Gasteiger partial charge in [-0.2, -0.15) is 0 Å². The quantitative estimate of drug-likeness (QED) is 0.891. The molecule has 5 unspecified atom stereocenters. The molecule has 2 heteroatoms. The second-order valence-electron chi connectivity index (χ2n) is 8.80. The third kappa shape index (κ3) is 2.71.